The number of ether oxygens (including phenoxy) is 1. The lowest BCUT2D eigenvalue weighted by molar-refractivity contribution is 0.00835. The lowest BCUT2D eigenvalue weighted by Gasteiger charge is -2.35. The number of fused-ring (bicyclic) bond motifs is 1. The molecule has 37 heavy (non-hydrogen) atoms. The number of aromatic nitrogens is 2. The Morgan fingerprint density at radius 1 is 1.08 bits per heavy atom. The second-order valence-corrected chi connectivity index (χ2v) is 11.6. The van der Waals surface area contributed by atoms with Gasteiger partial charge in [0, 0.05) is 55.9 Å². The summed E-state index contributed by atoms with van der Waals surface area (Å²) in [5, 5.41) is 13.4. The normalized spacial score (nSPS) is 27.2. The molecular weight excluding hydrogens is 462 g/mol. The van der Waals surface area contributed by atoms with Crippen LogP contribution >= 0.6 is 0 Å². The molecule has 2 aliphatic carbocycles. The number of anilines is 2. The van der Waals surface area contributed by atoms with Crippen LogP contribution in [0.1, 0.15) is 80.9 Å². The zero-order valence-corrected chi connectivity index (χ0v) is 22.4. The molecule has 0 radical (unpaired) electrons. The molecule has 3 heterocycles. The van der Waals surface area contributed by atoms with E-state index in [0.29, 0.717) is 11.8 Å². The van der Waals surface area contributed by atoms with E-state index in [1.54, 1.807) is 0 Å². The van der Waals surface area contributed by atoms with Crippen molar-refractivity contribution in [2.75, 3.05) is 56.2 Å². The first-order chi connectivity index (χ1) is 18.2. The molecule has 6 rings (SSSR count). The van der Waals surface area contributed by atoms with Gasteiger partial charge in [-0.3, -0.25) is 4.90 Å². The SMILES string of the molecule is CCCCNc1ncc2c(n1)N(CC1CCC(O)CC1)CC2c1ccc(C2(N3CCOCC3)CC2)cc1. The molecule has 1 aromatic carbocycles. The van der Waals surface area contributed by atoms with Gasteiger partial charge in [-0.25, -0.2) is 4.98 Å². The number of hydrogen-bond acceptors (Lipinski definition) is 7. The molecule has 1 saturated heterocycles. The Morgan fingerprint density at radius 2 is 1.84 bits per heavy atom. The Hall–Kier alpha value is -2.22. The van der Waals surface area contributed by atoms with Crippen LogP contribution in [0.25, 0.3) is 0 Å². The standard InChI is InChI=1S/C30H43N5O2/c1-2-3-14-31-29-32-19-26-27(21-34(28(26)33-29)20-22-4-10-25(36)11-5-22)23-6-8-24(9-7-23)30(12-13-30)35-15-17-37-18-16-35/h6-9,19,22,25,27,36H,2-5,10-18,20-21H2,1H3,(H,31,32,33). The van der Waals surface area contributed by atoms with Gasteiger partial charge in [-0.1, -0.05) is 37.6 Å². The molecule has 2 N–H and O–H groups in total. The lowest BCUT2D eigenvalue weighted by Crippen LogP contribution is -2.43. The molecule has 1 atom stereocenters. The summed E-state index contributed by atoms with van der Waals surface area (Å²) < 4.78 is 5.61. The zero-order valence-electron chi connectivity index (χ0n) is 22.4. The first-order valence-corrected chi connectivity index (χ1v) is 14.6. The smallest absolute Gasteiger partial charge is 0.224 e. The zero-order chi connectivity index (χ0) is 25.2. The van der Waals surface area contributed by atoms with E-state index in [1.807, 2.05) is 0 Å². The van der Waals surface area contributed by atoms with Crippen LogP contribution in [0.15, 0.2) is 30.5 Å². The summed E-state index contributed by atoms with van der Waals surface area (Å²) in [5.74, 6) is 2.75. The third kappa shape index (κ3) is 5.23. The Labute approximate surface area is 221 Å². The summed E-state index contributed by atoms with van der Waals surface area (Å²) in [7, 11) is 0. The van der Waals surface area contributed by atoms with Crippen molar-refractivity contribution in [3.8, 4) is 0 Å². The average Bonchev–Trinajstić information content (AvgIpc) is 3.68. The monoisotopic (exact) mass is 505 g/mol. The van der Waals surface area contributed by atoms with E-state index in [1.165, 1.54) is 29.5 Å². The van der Waals surface area contributed by atoms with Gasteiger partial charge in [0.25, 0.3) is 0 Å². The van der Waals surface area contributed by atoms with Crippen LogP contribution in [0.2, 0.25) is 0 Å². The average molecular weight is 506 g/mol. The van der Waals surface area contributed by atoms with Gasteiger partial charge in [0.15, 0.2) is 0 Å². The van der Waals surface area contributed by atoms with Crippen molar-refractivity contribution in [1.29, 1.82) is 0 Å². The van der Waals surface area contributed by atoms with Gasteiger partial charge in [0.1, 0.15) is 5.82 Å². The van der Waals surface area contributed by atoms with E-state index >= 15 is 0 Å². The molecule has 2 aromatic rings. The number of benzene rings is 1. The van der Waals surface area contributed by atoms with E-state index in [-0.39, 0.29) is 11.6 Å². The summed E-state index contributed by atoms with van der Waals surface area (Å²) in [6.07, 6.45) is 10.8. The highest BCUT2D eigenvalue weighted by atomic mass is 16.5. The second kappa shape index (κ2) is 10.9. The molecule has 4 aliphatic rings. The maximum Gasteiger partial charge on any atom is 0.224 e. The number of aliphatic hydroxyl groups excluding tert-OH is 1. The maximum absolute atomic E-state index is 9.99. The van der Waals surface area contributed by atoms with E-state index < -0.39 is 0 Å². The van der Waals surface area contributed by atoms with Crippen LogP contribution in [-0.4, -0.2) is 72.0 Å². The van der Waals surface area contributed by atoms with Crippen LogP contribution in [0.4, 0.5) is 11.8 Å². The van der Waals surface area contributed by atoms with Crippen molar-refractivity contribution >= 4 is 11.8 Å². The van der Waals surface area contributed by atoms with Gasteiger partial charge in [-0.2, -0.15) is 4.98 Å². The number of unbranched alkanes of at least 4 members (excludes halogenated alkanes) is 1. The predicted molar refractivity (Wildman–Crippen MR) is 147 cm³/mol. The Balaban J connectivity index is 1.22. The minimum Gasteiger partial charge on any atom is -0.393 e. The lowest BCUT2D eigenvalue weighted by atomic mass is 9.87. The van der Waals surface area contributed by atoms with Crippen LogP contribution in [0.5, 0.6) is 0 Å². The fourth-order valence-corrected chi connectivity index (χ4v) is 6.76. The first kappa shape index (κ1) is 25.1. The molecule has 2 aliphatic heterocycles. The molecule has 0 bridgehead atoms. The van der Waals surface area contributed by atoms with Crippen molar-refractivity contribution in [2.24, 2.45) is 5.92 Å². The van der Waals surface area contributed by atoms with Gasteiger partial charge in [-0.15, -0.1) is 0 Å². The number of hydrogen-bond donors (Lipinski definition) is 2. The van der Waals surface area contributed by atoms with Crippen LogP contribution < -0.4 is 10.2 Å². The highest BCUT2D eigenvalue weighted by molar-refractivity contribution is 5.59. The van der Waals surface area contributed by atoms with E-state index in [0.717, 1.165) is 96.2 Å². The molecule has 1 unspecified atom stereocenters. The number of rotatable bonds is 9. The first-order valence-electron chi connectivity index (χ1n) is 14.6. The largest absolute Gasteiger partial charge is 0.393 e. The van der Waals surface area contributed by atoms with Crippen molar-refractivity contribution < 1.29 is 9.84 Å². The number of aliphatic hydroxyl groups is 1. The van der Waals surface area contributed by atoms with Crippen LogP contribution in [0, 0.1) is 5.92 Å². The van der Waals surface area contributed by atoms with E-state index in [9.17, 15) is 5.11 Å². The van der Waals surface area contributed by atoms with E-state index in [4.69, 9.17) is 14.7 Å². The van der Waals surface area contributed by atoms with Gasteiger partial charge in [0.05, 0.1) is 19.3 Å². The summed E-state index contributed by atoms with van der Waals surface area (Å²) in [5.41, 5.74) is 4.30. The number of morpholine rings is 1. The fraction of sp³-hybridized carbons (Fsp3) is 0.667. The number of nitrogens with one attached hydrogen (secondary N) is 1. The summed E-state index contributed by atoms with van der Waals surface area (Å²) in [4.78, 5) is 14.9. The third-order valence-corrected chi connectivity index (χ3v) is 9.17. The Bertz CT molecular complexity index is 1040. The molecular formula is C30H43N5O2. The minimum absolute atomic E-state index is 0.114. The minimum atomic E-state index is -0.114. The molecule has 7 nitrogen and oxygen atoms in total. The number of nitrogens with zero attached hydrogens (tertiary/aromatic N) is 4. The molecule has 0 spiro atoms. The molecule has 7 heteroatoms. The van der Waals surface area contributed by atoms with Gasteiger partial charge >= 0.3 is 0 Å². The predicted octanol–water partition coefficient (Wildman–Crippen LogP) is 4.51. The highest BCUT2D eigenvalue weighted by Gasteiger charge is 2.49. The van der Waals surface area contributed by atoms with Gasteiger partial charge in [-0.05, 0) is 62.0 Å². The topological polar surface area (TPSA) is 73.8 Å². The highest BCUT2D eigenvalue weighted by Crippen LogP contribution is 2.51. The summed E-state index contributed by atoms with van der Waals surface area (Å²) in [6, 6.07) is 9.48. The van der Waals surface area contributed by atoms with Gasteiger partial charge in [0.2, 0.25) is 5.95 Å². The molecule has 200 valence electrons. The Morgan fingerprint density at radius 3 is 2.54 bits per heavy atom. The molecule has 0 amide bonds. The van der Waals surface area contributed by atoms with Crippen LogP contribution in [0.3, 0.4) is 0 Å². The summed E-state index contributed by atoms with van der Waals surface area (Å²) in [6.45, 7) is 8.86. The van der Waals surface area contributed by atoms with Crippen molar-refractivity contribution in [3.05, 3.63) is 47.2 Å². The maximum atomic E-state index is 9.99. The van der Waals surface area contributed by atoms with Crippen molar-refractivity contribution in [2.45, 2.75) is 75.9 Å². The second-order valence-electron chi connectivity index (χ2n) is 11.6. The van der Waals surface area contributed by atoms with E-state index in [2.05, 4.69) is 52.5 Å². The fourth-order valence-electron chi connectivity index (χ4n) is 6.76. The molecule has 3 fully saturated rings. The molecule has 2 saturated carbocycles. The summed E-state index contributed by atoms with van der Waals surface area (Å²) >= 11 is 0. The third-order valence-electron chi connectivity index (χ3n) is 9.17. The van der Waals surface area contributed by atoms with Crippen molar-refractivity contribution in [3.63, 3.8) is 0 Å². The van der Waals surface area contributed by atoms with Crippen molar-refractivity contribution in [1.82, 2.24) is 14.9 Å². The van der Waals surface area contributed by atoms with Gasteiger partial charge < -0.3 is 20.1 Å². The van der Waals surface area contributed by atoms with Crippen LogP contribution in [-0.2, 0) is 10.3 Å². The molecule has 1 aromatic heterocycles. The quantitative estimate of drug-likeness (QED) is 0.486. The Kier molecular flexibility index (Phi) is 7.37.